The molecule has 0 unspecified atom stereocenters. The highest BCUT2D eigenvalue weighted by Crippen LogP contribution is 2.37. The first-order valence-electron chi connectivity index (χ1n) is 12.9. The second-order valence-electron chi connectivity index (χ2n) is 10.4. The normalized spacial score (nSPS) is 13.5. The van der Waals surface area contributed by atoms with Gasteiger partial charge in [0.15, 0.2) is 0 Å². The fourth-order valence-electron chi connectivity index (χ4n) is 4.85. The largest absolute Gasteiger partial charge is 0.407 e. The zero-order chi connectivity index (χ0) is 26.6. The second-order valence-corrected chi connectivity index (χ2v) is 14.7. The molecule has 0 aromatic heterocycles. The maximum atomic E-state index is 11.2. The first-order valence-corrected chi connectivity index (χ1v) is 14.8. The molecule has 0 saturated carbocycles. The lowest BCUT2D eigenvalue weighted by atomic mass is 9.97. The predicted octanol–water partition coefficient (Wildman–Crippen LogP) is 5.85. The van der Waals surface area contributed by atoms with Crippen LogP contribution >= 0.6 is 0 Å². The summed E-state index contributed by atoms with van der Waals surface area (Å²) >= 11 is 0. The zero-order valence-corrected chi connectivity index (χ0v) is 23.2. The van der Waals surface area contributed by atoms with Crippen LogP contribution in [-0.2, 0) is 15.8 Å². The van der Waals surface area contributed by atoms with E-state index in [1.54, 1.807) is 0 Å². The maximum Gasteiger partial charge on any atom is 0.261 e. The molecule has 0 aliphatic heterocycles. The molecule has 0 aliphatic carbocycles. The molecular weight excluding hydrogens is 478 g/mol. The predicted molar refractivity (Wildman–Crippen MR) is 152 cm³/mol. The Balaban J connectivity index is 1.79. The summed E-state index contributed by atoms with van der Waals surface area (Å²) in [6.07, 6.45) is 0.392. The molecule has 0 fully saturated rings. The first kappa shape index (κ1) is 28.6. The Hall–Kier alpha value is -2.93. The van der Waals surface area contributed by atoms with E-state index in [1.165, 1.54) is 10.4 Å². The van der Waals surface area contributed by atoms with Gasteiger partial charge in [0.2, 0.25) is 0 Å². The van der Waals surface area contributed by atoms with Gasteiger partial charge in [-0.25, -0.2) is 0 Å². The monoisotopic (exact) mass is 517 g/mol. The summed E-state index contributed by atoms with van der Waals surface area (Å²) < 4.78 is 12.9. The van der Waals surface area contributed by atoms with Crippen molar-refractivity contribution in [2.45, 2.75) is 51.4 Å². The summed E-state index contributed by atoms with van der Waals surface area (Å²) in [6, 6.07) is 30.9. The van der Waals surface area contributed by atoms with Crippen LogP contribution in [0.3, 0.4) is 0 Å². The van der Waals surface area contributed by atoms with E-state index in [2.05, 4.69) is 79.3 Å². The maximum absolute atomic E-state index is 11.2. The first-order chi connectivity index (χ1) is 17.9. The highest BCUT2D eigenvalue weighted by atomic mass is 28.4. The third-order valence-corrected chi connectivity index (χ3v) is 11.8. The molecule has 37 heavy (non-hydrogen) atoms. The Kier molecular flexibility index (Phi) is 10.9. The van der Waals surface area contributed by atoms with Crippen molar-refractivity contribution in [3.8, 4) is 0 Å². The van der Waals surface area contributed by atoms with Gasteiger partial charge in [0.25, 0.3) is 8.32 Å². The quantitative estimate of drug-likeness (QED) is 0.0957. The van der Waals surface area contributed by atoms with Crippen LogP contribution in [0.4, 0.5) is 0 Å². The highest BCUT2D eigenvalue weighted by Gasteiger charge is 2.50. The van der Waals surface area contributed by atoms with Gasteiger partial charge in [0.05, 0.1) is 12.7 Å². The molecular formula is C30H39N3O3Si. The van der Waals surface area contributed by atoms with E-state index in [1.807, 2.05) is 42.5 Å². The average Bonchev–Trinajstić information content (AvgIpc) is 2.91. The number of azide groups is 1. The smallest absolute Gasteiger partial charge is 0.261 e. The van der Waals surface area contributed by atoms with Crippen molar-refractivity contribution in [2.24, 2.45) is 11.0 Å². The second kappa shape index (κ2) is 14.1. The number of ether oxygens (including phenoxy) is 1. The zero-order valence-electron chi connectivity index (χ0n) is 22.2. The fraction of sp³-hybridized carbons (Fsp3) is 0.400. The molecule has 3 rings (SSSR count). The van der Waals surface area contributed by atoms with Crippen LogP contribution in [0.5, 0.6) is 0 Å². The van der Waals surface area contributed by atoms with Crippen molar-refractivity contribution in [3.05, 3.63) is 107 Å². The van der Waals surface area contributed by atoms with E-state index in [0.29, 0.717) is 39.2 Å². The lowest BCUT2D eigenvalue weighted by Gasteiger charge is -2.44. The summed E-state index contributed by atoms with van der Waals surface area (Å²) in [6.45, 7) is 8.34. The van der Waals surface area contributed by atoms with Crippen molar-refractivity contribution in [1.29, 1.82) is 0 Å². The number of hydrogen-bond acceptors (Lipinski definition) is 4. The van der Waals surface area contributed by atoms with Gasteiger partial charge in [-0.3, -0.25) is 0 Å². The number of rotatable bonds is 14. The van der Waals surface area contributed by atoms with Crippen molar-refractivity contribution in [3.63, 3.8) is 0 Å². The molecule has 0 aliphatic rings. The van der Waals surface area contributed by atoms with Crippen LogP contribution in [0, 0.1) is 5.92 Å². The molecule has 0 heterocycles. The highest BCUT2D eigenvalue weighted by molar-refractivity contribution is 6.99. The minimum absolute atomic E-state index is 0.158. The van der Waals surface area contributed by atoms with Gasteiger partial charge in [-0.1, -0.05) is 117 Å². The number of nitrogens with zero attached hydrogens (tertiary/aromatic N) is 3. The third kappa shape index (κ3) is 7.78. The molecule has 6 nitrogen and oxygen atoms in total. The SMILES string of the molecule is CC(C)(C)[Si](OC[C@@H](CCN=[N+]=[N-])[C@@H](O)CCOCc1ccccc1)(c1ccccc1)c1ccccc1. The van der Waals surface area contributed by atoms with Crippen LogP contribution in [0.15, 0.2) is 96.1 Å². The van der Waals surface area contributed by atoms with Crippen LogP contribution in [-0.4, -0.2) is 39.3 Å². The Morgan fingerprint density at radius 1 is 0.865 bits per heavy atom. The molecule has 3 aromatic rings. The van der Waals surface area contributed by atoms with Crippen LogP contribution in [0.2, 0.25) is 5.04 Å². The Bertz CT molecular complexity index is 1060. The molecule has 0 spiro atoms. The summed E-state index contributed by atoms with van der Waals surface area (Å²) in [4.78, 5) is 2.91. The molecule has 0 amide bonds. The van der Waals surface area contributed by atoms with E-state index in [9.17, 15) is 5.11 Å². The van der Waals surface area contributed by atoms with Crippen molar-refractivity contribution < 1.29 is 14.3 Å². The number of aliphatic hydroxyl groups excluding tert-OH is 1. The summed E-state index contributed by atoms with van der Waals surface area (Å²) in [5.74, 6) is -0.188. The Labute approximate surface area is 222 Å². The molecule has 3 aromatic carbocycles. The number of benzene rings is 3. The van der Waals surface area contributed by atoms with E-state index in [0.717, 1.165) is 5.56 Å². The number of aliphatic hydroxyl groups is 1. The molecule has 2 atom stereocenters. The average molecular weight is 518 g/mol. The van der Waals surface area contributed by atoms with Crippen LogP contribution < -0.4 is 10.4 Å². The fourth-order valence-corrected chi connectivity index (χ4v) is 9.47. The van der Waals surface area contributed by atoms with E-state index >= 15 is 0 Å². The summed E-state index contributed by atoms with van der Waals surface area (Å²) in [7, 11) is -2.73. The van der Waals surface area contributed by atoms with Crippen LogP contribution in [0.25, 0.3) is 10.4 Å². The van der Waals surface area contributed by atoms with Crippen LogP contribution in [0.1, 0.15) is 39.2 Å². The Morgan fingerprint density at radius 2 is 1.41 bits per heavy atom. The molecule has 7 heteroatoms. The van der Waals surface area contributed by atoms with Gasteiger partial charge in [-0.05, 0) is 39.3 Å². The minimum atomic E-state index is -2.73. The lowest BCUT2D eigenvalue weighted by molar-refractivity contribution is 0.0267. The van der Waals surface area contributed by atoms with Crippen molar-refractivity contribution >= 4 is 18.7 Å². The van der Waals surface area contributed by atoms with Gasteiger partial charge in [0.1, 0.15) is 0 Å². The van der Waals surface area contributed by atoms with E-state index in [-0.39, 0.29) is 11.0 Å². The lowest BCUT2D eigenvalue weighted by Crippen LogP contribution is -2.67. The summed E-state index contributed by atoms with van der Waals surface area (Å²) in [5.41, 5.74) is 9.92. The van der Waals surface area contributed by atoms with E-state index < -0.39 is 14.4 Å². The van der Waals surface area contributed by atoms with Crippen molar-refractivity contribution in [1.82, 2.24) is 0 Å². The molecule has 0 radical (unpaired) electrons. The molecule has 0 bridgehead atoms. The number of hydrogen-bond donors (Lipinski definition) is 1. The van der Waals surface area contributed by atoms with Crippen molar-refractivity contribution in [2.75, 3.05) is 19.8 Å². The van der Waals surface area contributed by atoms with Gasteiger partial charge in [-0.15, -0.1) is 0 Å². The van der Waals surface area contributed by atoms with E-state index in [4.69, 9.17) is 14.7 Å². The standard InChI is InChI=1S/C30H39N3O3Si/c1-30(2,3)37(27-15-9-5-10-16-27,28-17-11-6-12-18-28)36-24-26(19-21-32-33-31)29(34)20-22-35-23-25-13-7-4-8-14-25/h4-18,26,29,34H,19-24H2,1-3H3/t26-,29+/m1/s1. The molecule has 1 N–H and O–H groups in total. The molecule has 196 valence electrons. The van der Waals surface area contributed by atoms with Gasteiger partial charge in [-0.2, -0.15) is 0 Å². The Morgan fingerprint density at radius 3 is 1.92 bits per heavy atom. The summed E-state index contributed by atoms with van der Waals surface area (Å²) in [5, 5.41) is 17.1. The minimum Gasteiger partial charge on any atom is -0.407 e. The molecule has 0 saturated heterocycles. The topological polar surface area (TPSA) is 87.5 Å². The van der Waals surface area contributed by atoms with Gasteiger partial charge >= 0.3 is 0 Å². The van der Waals surface area contributed by atoms with Gasteiger partial charge < -0.3 is 14.3 Å². The van der Waals surface area contributed by atoms with Gasteiger partial charge in [0, 0.05) is 30.6 Å². The third-order valence-electron chi connectivity index (χ3n) is 6.81.